The molecule has 2 aromatic rings. The van der Waals surface area contributed by atoms with Crippen LogP contribution >= 0.6 is 15.9 Å². The van der Waals surface area contributed by atoms with Crippen molar-refractivity contribution in [2.45, 2.75) is 50.7 Å². The van der Waals surface area contributed by atoms with Gasteiger partial charge in [0.1, 0.15) is 0 Å². The number of ether oxygens (including phenoxy) is 2. The fourth-order valence-corrected chi connectivity index (χ4v) is 4.28. The number of hydrogen-bond donors (Lipinski definition) is 0. The standard InChI is InChI=1S/C16H18BrFN2O2/c1-9(2)22-13-10(17)4-20-5-11(19-14(20)12(13)18)16-6-15(3,7-16)21-8-16/h4-5,9H,6-8H2,1-3H3. The van der Waals surface area contributed by atoms with Crippen LogP contribution in [-0.2, 0) is 10.2 Å². The van der Waals surface area contributed by atoms with Crippen LogP contribution in [-0.4, -0.2) is 27.7 Å². The van der Waals surface area contributed by atoms with E-state index >= 15 is 0 Å². The van der Waals surface area contributed by atoms with Gasteiger partial charge in [-0.25, -0.2) is 4.98 Å². The molecule has 4 heterocycles. The van der Waals surface area contributed by atoms with E-state index < -0.39 is 5.82 Å². The summed E-state index contributed by atoms with van der Waals surface area (Å²) >= 11 is 3.38. The molecule has 2 saturated heterocycles. The van der Waals surface area contributed by atoms with Crippen LogP contribution < -0.4 is 4.74 Å². The molecule has 1 aliphatic carbocycles. The Hall–Kier alpha value is -1.14. The Kier molecular flexibility index (Phi) is 2.92. The second kappa shape index (κ2) is 4.45. The SMILES string of the molecule is CC(C)Oc1c(Br)cn2cc(C34COC(C)(C3)C4)nc2c1F. The van der Waals surface area contributed by atoms with E-state index in [-0.39, 0.29) is 22.9 Å². The summed E-state index contributed by atoms with van der Waals surface area (Å²) in [6.07, 6.45) is 5.54. The zero-order valence-corrected chi connectivity index (χ0v) is 14.4. The van der Waals surface area contributed by atoms with Crippen molar-refractivity contribution in [2.24, 2.45) is 0 Å². The molecule has 0 spiro atoms. The molecular formula is C16H18BrFN2O2. The van der Waals surface area contributed by atoms with Crippen molar-refractivity contribution < 1.29 is 13.9 Å². The molecule has 3 fully saturated rings. The lowest BCUT2D eigenvalue weighted by Crippen LogP contribution is -2.45. The summed E-state index contributed by atoms with van der Waals surface area (Å²) in [5.74, 6) is -0.204. The lowest BCUT2D eigenvalue weighted by Gasteiger charge is -2.41. The number of rotatable bonds is 3. The number of nitrogens with zero attached hydrogens (tertiary/aromatic N) is 2. The Labute approximate surface area is 136 Å². The van der Waals surface area contributed by atoms with Gasteiger partial charge in [-0.15, -0.1) is 0 Å². The van der Waals surface area contributed by atoms with Gasteiger partial charge in [0.15, 0.2) is 11.4 Å². The maximum absolute atomic E-state index is 14.7. The van der Waals surface area contributed by atoms with Gasteiger partial charge in [-0.1, -0.05) is 0 Å². The summed E-state index contributed by atoms with van der Waals surface area (Å²) in [5, 5.41) is 0. The highest BCUT2D eigenvalue weighted by Gasteiger charge is 2.61. The first-order valence-electron chi connectivity index (χ1n) is 7.50. The molecule has 0 N–H and O–H groups in total. The Morgan fingerprint density at radius 2 is 2.14 bits per heavy atom. The number of imidazole rings is 1. The Morgan fingerprint density at radius 3 is 2.73 bits per heavy atom. The number of halogens is 2. The number of fused-ring (bicyclic) bond motifs is 2. The quantitative estimate of drug-likeness (QED) is 0.825. The van der Waals surface area contributed by atoms with Crippen molar-refractivity contribution in [3.05, 3.63) is 28.4 Å². The Balaban J connectivity index is 1.80. The van der Waals surface area contributed by atoms with E-state index in [1.807, 2.05) is 20.0 Å². The first-order chi connectivity index (χ1) is 10.3. The zero-order chi connectivity index (χ0) is 15.7. The molecule has 2 aliphatic heterocycles. The highest BCUT2D eigenvalue weighted by Crippen LogP contribution is 2.58. The summed E-state index contributed by atoms with van der Waals surface area (Å²) < 4.78 is 28.4. The first kappa shape index (κ1) is 14.5. The van der Waals surface area contributed by atoms with Gasteiger partial charge in [-0.3, -0.25) is 0 Å². The zero-order valence-electron chi connectivity index (χ0n) is 12.8. The molecule has 0 radical (unpaired) electrons. The van der Waals surface area contributed by atoms with Crippen LogP contribution in [0.4, 0.5) is 4.39 Å². The lowest BCUT2D eigenvalue weighted by molar-refractivity contribution is 0.0154. The molecule has 6 heteroatoms. The minimum atomic E-state index is -0.424. The molecule has 0 amide bonds. The van der Waals surface area contributed by atoms with Gasteiger partial charge < -0.3 is 13.9 Å². The summed E-state index contributed by atoms with van der Waals surface area (Å²) in [7, 11) is 0. The minimum Gasteiger partial charge on any atom is -0.487 e. The van der Waals surface area contributed by atoms with E-state index in [0.29, 0.717) is 16.7 Å². The molecule has 4 nitrogen and oxygen atoms in total. The average molecular weight is 369 g/mol. The van der Waals surface area contributed by atoms with Gasteiger partial charge in [0, 0.05) is 17.8 Å². The predicted molar refractivity (Wildman–Crippen MR) is 83.9 cm³/mol. The van der Waals surface area contributed by atoms with Crippen LogP contribution in [0.3, 0.4) is 0 Å². The maximum atomic E-state index is 14.7. The molecular weight excluding hydrogens is 351 g/mol. The van der Waals surface area contributed by atoms with Crippen LogP contribution in [0, 0.1) is 5.82 Å². The van der Waals surface area contributed by atoms with Gasteiger partial charge in [-0.05, 0) is 49.5 Å². The largest absolute Gasteiger partial charge is 0.487 e. The molecule has 0 aromatic carbocycles. The van der Waals surface area contributed by atoms with Gasteiger partial charge >= 0.3 is 0 Å². The topological polar surface area (TPSA) is 35.8 Å². The molecule has 0 unspecified atom stereocenters. The van der Waals surface area contributed by atoms with Crippen molar-refractivity contribution >= 4 is 21.6 Å². The molecule has 5 rings (SSSR count). The fourth-order valence-electron chi connectivity index (χ4n) is 3.79. The monoisotopic (exact) mass is 368 g/mol. The molecule has 0 atom stereocenters. The van der Waals surface area contributed by atoms with Gasteiger partial charge in [0.05, 0.1) is 28.5 Å². The lowest BCUT2D eigenvalue weighted by atomic mass is 9.62. The van der Waals surface area contributed by atoms with Crippen molar-refractivity contribution in [3.63, 3.8) is 0 Å². The number of aromatic nitrogens is 2. The maximum Gasteiger partial charge on any atom is 0.209 e. The Bertz CT molecular complexity index is 765. The fraction of sp³-hybridized carbons (Fsp3) is 0.562. The van der Waals surface area contributed by atoms with Crippen molar-refractivity contribution in [2.75, 3.05) is 6.61 Å². The van der Waals surface area contributed by atoms with Crippen LogP contribution in [0.2, 0.25) is 0 Å². The highest BCUT2D eigenvalue weighted by molar-refractivity contribution is 9.10. The van der Waals surface area contributed by atoms with E-state index in [2.05, 4.69) is 27.8 Å². The average Bonchev–Trinajstić information content (AvgIpc) is 3.04. The van der Waals surface area contributed by atoms with Gasteiger partial charge in [-0.2, -0.15) is 4.39 Å². The molecule has 1 saturated carbocycles. The van der Waals surface area contributed by atoms with E-state index in [9.17, 15) is 4.39 Å². The van der Waals surface area contributed by atoms with Crippen LogP contribution in [0.5, 0.6) is 5.75 Å². The van der Waals surface area contributed by atoms with E-state index in [0.717, 1.165) is 18.5 Å². The molecule has 118 valence electrons. The molecule has 22 heavy (non-hydrogen) atoms. The van der Waals surface area contributed by atoms with Crippen LogP contribution in [0.25, 0.3) is 5.65 Å². The summed E-state index contributed by atoms with van der Waals surface area (Å²) in [4.78, 5) is 4.55. The summed E-state index contributed by atoms with van der Waals surface area (Å²) in [6.45, 7) is 6.54. The third-order valence-corrected chi connectivity index (χ3v) is 5.18. The number of hydrogen-bond acceptors (Lipinski definition) is 3. The van der Waals surface area contributed by atoms with Crippen molar-refractivity contribution in [1.82, 2.24) is 9.38 Å². The molecule has 2 aromatic heterocycles. The second-order valence-corrected chi connectivity index (χ2v) is 7.87. The summed E-state index contributed by atoms with van der Waals surface area (Å²) in [5.41, 5.74) is 1.17. The van der Waals surface area contributed by atoms with Crippen LogP contribution in [0.1, 0.15) is 39.3 Å². The van der Waals surface area contributed by atoms with E-state index in [1.165, 1.54) is 0 Å². The summed E-state index contributed by atoms with van der Waals surface area (Å²) in [6, 6.07) is 0. The number of pyridine rings is 1. The van der Waals surface area contributed by atoms with E-state index in [4.69, 9.17) is 9.47 Å². The third kappa shape index (κ3) is 1.93. The Morgan fingerprint density at radius 1 is 1.41 bits per heavy atom. The minimum absolute atomic E-state index is 0.0131. The van der Waals surface area contributed by atoms with Gasteiger partial charge in [0.2, 0.25) is 5.82 Å². The smallest absolute Gasteiger partial charge is 0.209 e. The van der Waals surface area contributed by atoms with Crippen molar-refractivity contribution in [1.29, 1.82) is 0 Å². The van der Waals surface area contributed by atoms with E-state index in [1.54, 1.807) is 10.6 Å². The predicted octanol–water partition coefficient (Wildman–Crippen LogP) is 3.84. The van der Waals surface area contributed by atoms with Gasteiger partial charge in [0.25, 0.3) is 0 Å². The normalized spacial score (nSPS) is 30.1. The second-order valence-electron chi connectivity index (χ2n) is 7.02. The molecule has 2 bridgehead atoms. The third-order valence-electron chi connectivity index (χ3n) is 4.62. The molecule has 3 aliphatic rings. The van der Waals surface area contributed by atoms with Crippen molar-refractivity contribution in [3.8, 4) is 5.75 Å². The van der Waals surface area contributed by atoms with Crippen LogP contribution in [0.15, 0.2) is 16.9 Å². The first-order valence-corrected chi connectivity index (χ1v) is 8.29. The highest BCUT2D eigenvalue weighted by atomic mass is 79.9.